The Morgan fingerprint density at radius 3 is 2.53 bits per heavy atom. The molecule has 1 fully saturated rings. The van der Waals surface area contributed by atoms with E-state index in [4.69, 9.17) is 4.74 Å². The molecule has 0 spiro atoms. The number of carbonyl (C=O) groups is 2. The van der Waals surface area contributed by atoms with Gasteiger partial charge in [-0.2, -0.15) is 13.2 Å². The number of halogens is 3. The largest absolute Gasteiger partial charge is 0.495 e. The second-order valence-electron chi connectivity index (χ2n) is 7.91. The van der Waals surface area contributed by atoms with Crippen LogP contribution in [-0.4, -0.2) is 43.0 Å². The van der Waals surface area contributed by atoms with E-state index in [0.29, 0.717) is 23.4 Å². The van der Waals surface area contributed by atoms with Crippen molar-refractivity contribution in [2.24, 2.45) is 5.92 Å². The molecule has 1 aliphatic carbocycles. The van der Waals surface area contributed by atoms with Crippen LogP contribution in [0.5, 0.6) is 5.75 Å². The number of hydrogen-bond donors (Lipinski definition) is 0. The van der Waals surface area contributed by atoms with E-state index in [1.54, 1.807) is 23.1 Å². The molecule has 1 saturated carbocycles. The molecule has 2 aliphatic heterocycles. The third kappa shape index (κ3) is 3.59. The van der Waals surface area contributed by atoms with Crippen LogP contribution in [-0.2, 0) is 11.3 Å². The maximum Gasteiger partial charge on any atom is 0.431 e. The predicted molar refractivity (Wildman–Crippen MR) is 105 cm³/mol. The van der Waals surface area contributed by atoms with Gasteiger partial charge < -0.3 is 19.3 Å². The molecule has 0 radical (unpaired) electrons. The predicted octanol–water partition coefficient (Wildman–Crippen LogP) is 4.23. The molecule has 3 aliphatic rings. The lowest BCUT2D eigenvalue weighted by atomic mass is 9.86. The zero-order valence-electron chi connectivity index (χ0n) is 16.6. The average molecular weight is 420 g/mol. The van der Waals surface area contributed by atoms with E-state index >= 15 is 0 Å². The fourth-order valence-corrected chi connectivity index (χ4v) is 4.56. The maximum atomic E-state index is 13.5. The Morgan fingerprint density at radius 2 is 1.90 bits per heavy atom. The first-order valence-electron chi connectivity index (χ1n) is 10.0. The highest BCUT2D eigenvalue weighted by Crippen LogP contribution is 2.42. The monoisotopic (exact) mass is 420 g/mol. The molecule has 0 atom stereocenters. The number of rotatable bonds is 4. The van der Waals surface area contributed by atoms with Crippen LogP contribution in [0.3, 0.4) is 0 Å². The summed E-state index contributed by atoms with van der Waals surface area (Å²) in [4.78, 5) is 27.0. The van der Waals surface area contributed by atoms with E-state index < -0.39 is 11.9 Å². The van der Waals surface area contributed by atoms with Crippen LogP contribution in [0, 0.1) is 5.92 Å². The topological polar surface area (TPSA) is 49.9 Å². The van der Waals surface area contributed by atoms with Gasteiger partial charge in [0.2, 0.25) is 0 Å². The van der Waals surface area contributed by atoms with Crippen LogP contribution in [0.25, 0.3) is 0 Å². The zero-order valence-corrected chi connectivity index (χ0v) is 16.6. The zero-order chi connectivity index (χ0) is 21.5. The van der Waals surface area contributed by atoms with Crippen molar-refractivity contribution in [2.75, 3.05) is 18.6 Å². The Balaban J connectivity index is 1.64. The van der Waals surface area contributed by atoms with Crippen molar-refractivity contribution in [3.05, 3.63) is 47.2 Å². The van der Waals surface area contributed by atoms with E-state index in [1.807, 2.05) is 0 Å². The van der Waals surface area contributed by atoms with E-state index in [2.05, 4.69) is 0 Å². The summed E-state index contributed by atoms with van der Waals surface area (Å²) < 4.78 is 46.0. The normalized spacial score (nSPS) is 24.0. The molecule has 1 aromatic carbocycles. The number of hydrogen-bond acceptors (Lipinski definition) is 4. The molecule has 1 aromatic rings. The number of methoxy groups -OCH3 is 1. The minimum absolute atomic E-state index is 0.0408. The molecule has 1 amide bonds. The van der Waals surface area contributed by atoms with Gasteiger partial charge in [0.1, 0.15) is 17.7 Å². The van der Waals surface area contributed by atoms with E-state index in [-0.39, 0.29) is 30.2 Å². The SMILES string of the molecule is COc1cc2c(cc1N1CC=CC=C1C(F)(F)F)CN(C1CCC(C=O)CC1)C2=O. The van der Waals surface area contributed by atoms with Gasteiger partial charge in [-0.3, -0.25) is 4.79 Å². The Labute approximate surface area is 172 Å². The molecular weight excluding hydrogens is 397 g/mol. The molecule has 4 rings (SSSR count). The lowest BCUT2D eigenvalue weighted by molar-refractivity contribution is -0.112. The molecule has 0 saturated heterocycles. The third-order valence-corrected chi connectivity index (χ3v) is 6.16. The number of ether oxygens (including phenoxy) is 1. The second-order valence-corrected chi connectivity index (χ2v) is 7.91. The summed E-state index contributed by atoms with van der Waals surface area (Å²) in [6.07, 6.45) is 3.56. The first-order chi connectivity index (χ1) is 14.3. The van der Waals surface area contributed by atoms with Crippen molar-refractivity contribution in [2.45, 2.75) is 44.4 Å². The van der Waals surface area contributed by atoms with Gasteiger partial charge in [0.15, 0.2) is 0 Å². The van der Waals surface area contributed by atoms with Crippen molar-refractivity contribution >= 4 is 17.9 Å². The van der Waals surface area contributed by atoms with Crippen LogP contribution in [0.1, 0.15) is 41.6 Å². The number of aldehydes is 1. The molecule has 0 N–H and O–H groups in total. The Morgan fingerprint density at radius 1 is 1.17 bits per heavy atom. The van der Waals surface area contributed by atoms with Gasteiger partial charge in [0.05, 0.1) is 12.8 Å². The molecule has 160 valence electrons. The van der Waals surface area contributed by atoms with Crippen molar-refractivity contribution in [3.8, 4) is 5.75 Å². The number of carbonyl (C=O) groups excluding carboxylic acids is 2. The van der Waals surface area contributed by atoms with Crippen molar-refractivity contribution in [1.82, 2.24) is 4.90 Å². The fraction of sp³-hybridized carbons (Fsp3) is 0.455. The van der Waals surface area contributed by atoms with Crippen molar-refractivity contribution in [1.29, 1.82) is 0 Å². The van der Waals surface area contributed by atoms with Gasteiger partial charge in [-0.25, -0.2) is 0 Å². The van der Waals surface area contributed by atoms with Gasteiger partial charge in [-0.05, 0) is 49.5 Å². The third-order valence-electron chi connectivity index (χ3n) is 6.16. The molecule has 0 aromatic heterocycles. The number of alkyl halides is 3. The molecule has 5 nitrogen and oxygen atoms in total. The summed E-state index contributed by atoms with van der Waals surface area (Å²) in [7, 11) is 1.39. The van der Waals surface area contributed by atoms with Crippen LogP contribution in [0.15, 0.2) is 36.1 Å². The molecule has 0 bridgehead atoms. The average Bonchev–Trinajstić information content (AvgIpc) is 3.08. The standard InChI is InChI=1S/C22H23F3N2O3/c1-30-19-11-17-15(10-18(19)26-9-3-2-4-20(26)22(23,24)25)12-27(21(17)29)16-7-5-14(13-28)6-8-16/h2-4,10-11,13-14,16H,5-9,12H2,1H3. The number of anilines is 1. The minimum atomic E-state index is -4.51. The van der Waals surface area contributed by atoms with Crippen LogP contribution in [0.4, 0.5) is 18.9 Å². The van der Waals surface area contributed by atoms with E-state index in [1.165, 1.54) is 18.1 Å². The van der Waals surface area contributed by atoms with Crippen LogP contribution < -0.4 is 9.64 Å². The Hall–Kier alpha value is -2.77. The number of benzene rings is 1. The van der Waals surface area contributed by atoms with Gasteiger partial charge in [0, 0.05) is 30.6 Å². The number of allylic oxidation sites excluding steroid dienone is 3. The summed E-state index contributed by atoms with van der Waals surface area (Å²) in [5.41, 5.74) is 0.697. The highest BCUT2D eigenvalue weighted by Gasteiger charge is 2.41. The summed E-state index contributed by atoms with van der Waals surface area (Å²) in [6, 6.07) is 3.23. The van der Waals surface area contributed by atoms with E-state index in [0.717, 1.165) is 38.0 Å². The van der Waals surface area contributed by atoms with Gasteiger partial charge in [-0.15, -0.1) is 0 Å². The Bertz CT molecular complexity index is 915. The van der Waals surface area contributed by atoms with Gasteiger partial charge >= 0.3 is 6.18 Å². The lowest BCUT2D eigenvalue weighted by Crippen LogP contribution is -2.38. The molecular formula is C22H23F3N2O3. The molecule has 2 heterocycles. The maximum absolute atomic E-state index is 13.5. The summed E-state index contributed by atoms with van der Waals surface area (Å²) >= 11 is 0. The van der Waals surface area contributed by atoms with E-state index in [9.17, 15) is 22.8 Å². The lowest BCUT2D eigenvalue weighted by Gasteiger charge is -2.33. The van der Waals surface area contributed by atoms with Gasteiger partial charge in [-0.1, -0.05) is 12.2 Å². The van der Waals surface area contributed by atoms with Crippen molar-refractivity contribution < 1.29 is 27.5 Å². The highest BCUT2D eigenvalue weighted by atomic mass is 19.4. The summed E-state index contributed by atoms with van der Waals surface area (Å²) in [6.45, 7) is 0.421. The number of fused-ring (bicyclic) bond motifs is 1. The molecule has 0 unspecified atom stereocenters. The van der Waals surface area contributed by atoms with Crippen molar-refractivity contribution in [3.63, 3.8) is 0 Å². The molecule has 30 heavy (non-hydrogen) atoms. The van der Waals surface area contributed by atoms with Crippen LogP contribution in [0.2, 0.25) is 0 Å². The van der Waals surface area contributed by atoms with Crippen LogP contribution >= 0.6 is 0 Å². The second kappa shape index (κ2) is 7.81. The first kappa shape index (κ1) is 20.5. The first-order valence-corrected chi connectivity index (χ1v) is 10.0. The smallest absolute Gasteiger partial charge is 0.431 e. The summed E-state index contributed by atoms with van der Waals surface area (Å²) in [5, 5.41) is 0. The van der Waals surface area contributed by atoms with Gasteiger partial charge in [0.25, 0.3) is 5.91 Å². The fourth-order valence-electron chi connectivity index (χ4n) is 4.56. The Kier molecular flexibility index (Phi) is 5.34. The minimum Gasteiger partial charge on any atom is -0.495 e. The molecule has 8 heteroatoms. The number of amides is 1. The summed E-state index contributed by atoms with van der Waals surface area (Å²) in [5.74, 6) is 0.154. The highest BCUT2D eigenvalue weighted by molar-refractivity contribution is 6.00. The number of nitrogens with zero attached hydrogens (tertiary/aromatic N) is 2. The quantitative estimate of drug-likeness (QED) is 0.684.